The van der Waals surface area contributed by atoms with Gasteiger partial charge in [0.05, 0.1) is 10.6 Å². The molecule has 1 aliphatic heterocycles. The van der Waals surface area contributed by atoms with Gasteiger partial charge in [0, 0.05) is 55.7 Å². The molecular weight excluding hydrogens is 387 g/mol. The normalized spacial score (nSPS) is 15.6. The summed E-state index contributed by atoms with van der Waals surface area (Å²) in [4.78, 5) is 18.6. The van der Waals surface area contributed by atoms with Crippen LogP contribution in [0.1, 0.15) is 20.9 Å². The van der Waals surface area contributed by atoms with Crippen molar-refractivity contribution in [2.75, 3.05) is 26.2 Å². The molecule has 0 saturated carbocycles. The molecule has 1 fully saturated rings. The van der Waals surface area contributed by atoms with Crippen LogP contribution in [0, 0.1) is 12.7 Å². The molecule has 142 valence electrons. The van der Waals surface area contributed by atoms with E-state index in [4.69, 9.17) is 11.6 Å². The maximum absolute atomic E-state index is 14.0. The first-order valence-corrected chi connectivity index (χ1v) is 10.0. The summed E-state index contributed by atoms with van der Waals surface area (Å²) >= 11 is 7.61. The van der Waals surface area contributed by atoms with Gasteiger partial charge in [-0.3, -0.25) is 14.4 Å². The second-order valence-electron chi connectivity index (χ2n) is 6.81. The van der Waals surface area contributed by atoms with Gasteiger partial charge in [0.2, 0.25) is 0 Å². The highest BCUT2D eigenvalue weighted by molar-refractivity contribution is 7.20. The van der Waals surface area contributed by atoms with Gasteiger partial charge >= 0.3 is 0 Å². The fourth-order valence-electron chi connectivity index (χ4n) is 3.48. The molecule has 1 aromatic carbocycles. The Balaban J connectivity index is 1.42. The summed E-state index contributed by atoms with van der Waals surface area (Å²) in [5, 5.41) is 5.87. The van der Waals surface area contributed by atoms with Gasteiger partial charge in [-0.05, 0) is 25.1 Å². The van der Waals surface area contributed by atoms with E-state index >= 15 is 0 Å². The molecule has 1 saturated heterocycles. The standard InChI is InChI=1S/C19H20ClFN4OS/c1-12-13-10-17(27-19(13)23(2)22-12)18(26)25-8-6-24(7-9-25)11-14-15(20)4-3-5-16(14)21/h3-5,10H,6-9,11H2,1-2H3. The predicted molar refractivity (Wildman–Crippen MR) is 106 cm³/mol. The number of aryl methyl sites for hydroxylation is 2. The van der Waals surface area contributed by atoms with E-state index in [2.05, 4.69) is 10.00 Å². The molecule has 5 nitrogen and oxygen atoms in total. The lowest BCUT2D eigenvalue weighted by Gasteiger charge is -2.34. The van der Waals surface area contributed by atoms with Gasteiger partial charge in [0.1, 0.15) is 10.6 Å². The van der Waals surface area contributed by atoms with Crippen LogP contribution in [0.2, 0.25) is 5.02 Å². The highest BCUT2D eigenvalue weighted by Gasteiger charge is 2.25. The Kier molecular flexibility index (Phi) is 4.92. The summed E-state index contributed by atoms with van der Waals surface area (Å²) in [6.07, 6.45) is 0. The van der Waals surface area contributed by atoms with Crippen LogP contribution in [0.5, 0.6) is 0 Å². The zero-order valence-corrected chi connectivity index (χ0v) is 16.8. The molecule has 0 bridgehead atoms. The van der Waals surface area contributed by atoms with Gasteiger partial charge in [-0.15, -0.1) is 11.3 Å². The number of fused-ring (bicyclic) bond motifs is 1. The maximum Gasteiger partial charge on any atom is 0.264 e. The summed E-state index contributed by atoms with van der Waals surface area (Å²) in [5.41, 5.74) is 1.46. The van der Waals surface area contributed by atoms with E-state index in [1.165, 1.54) is 17.4 Å². The molecule has 0 atom stereocenters. The van der Waals surface area contributed by atoms with Crippen molar-refractivity contribution in [3.8, 4) is 0 Å². The molecule has 0 N–H and O–H groups in total. The number of thiophene rings is 1. The van der Waals surface area contributed by atoms with Crippen LogP contribution in [-0.4, -0.2) is 51.7 Å². The fraction of sp³-hybridized carbons (Fsp3) is 0.368. The number of rotatable bonds is 3. The minimum Gasteiger partial charge on any atom is -0.335 e. The van der Waals surface area contributed by atoms with Crippen molar-refractivity contribution >= 4 is 39.1 Å². The number of hydrogen-bond acceptors (Lipinski definition) is 4. The molecule has 0 unspecified atom stereocenters. The summed E-state index contributed by atoms with van der Waals surface area (Å²) in [6.45, 7) is 5.05. The molecule has 0 radical (unpaired) electrons. The Labute approximate surface area is 165 Å². The monoisotopic (exact) mass is 406 g/mol. The number of benzene rings is 1. The van der Waals surface area contributed by atoms with E-state index in [9.17, 15) is 9.18 Å². The number of halogens is 2. The van der Waals surface area contributed by atoms with Gasteiger partial charge in [-0.2, -0.15) is 5.10 Å². The second-order valence-corrected chi connectivity index (χ2v) is 8.24. The van der Waals surface area contributed by atoms with Crippen molar-refractivity contribution in [2.24, 2.45) is 7.05 Å². The van der Waals surface area contributed by atoms with Crippen LogP contribution < -0.4 is 0 Å². The van der Waals surface area contributed by atoms with Crippen molar-refractivity contribution in [3.63, 3.8) is 0 Å². The van der Waals surface area contributed by atoms with Crippen LogP contribution in [0.25, 0.3) is 10.2 Å². The van der Waals surface area contributed by atoms with Crippen LogP contribution >= 0.6 is 22.9 Å². The van der Waals surface area contributed by atoms with Crippen molar-refractivity contribution in [1.82, 2.24) is 19.6 Å². The Morgan fingerprint density at radius 3 is 2.70 bits per heavy atom. The van der Waals surface area contributed by atoms with Crippen LogP contribution in [0.15, 0.2) is 24.3 Å². The maximum atomic E-state index is 14.0. The highest BCUT2D eigenvalue weighted by atomic mass is 35.5. The number of carbonyl (C=O) groups excluding carboxylic acids is 1. The smallest absolute Gasteiger partial charge is 0.264 e. The summed E-state index contributed by atoms with van der Waals surface area (Å²) < 4.78 is 15.8. The van der Waals surface area contributed by atoms with Crippen molar-refractivity contribution in [3.05, 3.63) is 51.2 Å². The molecule has 4 rings (SSSR count). The number of hydrogen-bond donors (Lipinski definition) is 0. The molecule has 3 heterocycles. The van der Waals surface area contributed by atoms with Crippen molar-refractivity contribution in [2.45, 2.75) is 13.5 Å². The SMILES string of the molecule is Cc1nn(C)c2sc(C(=O)N3CCN(Cc4c(F)cccc4Cl)CC3)cc12. The van der Waals surface area contributed by atoms with Gasteiger partial charge in [-0.1, -0.05) is 17.7 Å². The predicted octanol–water partition coefficient (Wildman–Crippen LogP) is 3.69. The lowest BCUT2D eigenvalue weighted by Crippen LogP contribution is -2.48. The van der Waals surface area contributed by atoms with E-state index in [0.29, 0.717) is 43.3 Å². The zero-order valence-electron chi connectivity index (χ0n) is 15.2. The molecular formula is C19H20ClFN4OS. The first kappa shape index (κ1) is 18.4. The molecule has 1 amide bonds. The van der Waals surface area contributed by atoms with Gasteiger partial charge in [-0.25, -0.2) is 4.39 Å². The number of nitrogens with zero attached hydrogens (tertiary/aromatic N) is 4. The average molecular weight is 407 g/mol. The Morgan fingerprint density at radius 2 is 2.04 bits per heavy atom. The Morgan fingerprint density at radius 1 is 1.30 bits per heavy atom. The molecule has 27 heavy (non-hydrogen) atoms. The van der Waals surface area contributed by atoms with E-state index < -0.39 is 0 Å². The Bertz CT molecular complexity index is 952. The minimum atomic E-state index is -0.282. The largest absolute Gasteiger partial charge is 0.335 e. The van der Waals surface area contributed by atoms with Gasteiger partial charge in [0.15, 0.2) is 0 Å². The zero-order chi connectivity index (χ0) is 19.1. The van der Waals surface area contributed by atoms with Crippen LogP contribution in [-0.2, 0) is 13.6 Å². The quantitative estimate of drug-likeness (QED) is 0.666. The lowest BCUT2D eigenvalue weighted by atomic mass is 10.1. The summed E-state index contributed by atoms with van der Waals surface area (Å²) in [6, 6.07) is 6.69. The number of amides is 1. The molecule has 3 aromatic rings. The first-order chi connectivity index (χ1) is 12.9. The van der Waals surface area contributed by atoms with E-state index in [1.54, 1.807) is 12.1 Å². The van der Waals surface area contributed by atoms with E-state index in [1.807, 2.05) is 29.6 Å². The third kappa shape index (κ3) is 3.47. The van der Waals surface area contributed by atoms with Gasteiger partial charge in [0.25, 0.3) is 5.91 Å². The molecule has 0 aliphatic carbocycles. The molecule has 1 aliphatic rings. The van der Waals surface area contributed by atoms with Crippen molar-refractivity contribution < 1.29 is 9.18 Å². The summed E-state index contributed by atoms with van der Waals surface area (Å²) in [5.74, 6) is -0.227. The highest BCUT2D eigenvalue weighted by Crippen LogP contribution is 2.29. The van der Waals surface area contributed by atoms with Crippen LogP contribution in [0.4, 0.5) is 4.39 Å². The van der Waals surface area contributed by atoms with Crippen molar-refractivity contribution in [1.29, 1.82) is 0 Å². The molecule has 8 heteroatoms. The third-order valence-electron chi connectivity index (χ3n) is 5.01. The first-order valence-electron chi connectivity index (χ1n) is 8.81. The van der Waals surface area contributed by atoms with Gasteiger partial charge < -0.3 is 4.90 Å². The van der Waals surface area contributed by atoms with Crippen LogP contribution in [0.3, 0.4) is 0 Å². The number of carbonyl (C=O) groups is 1. The molecule has 0 spiro atoms. The third-order valence-corrected chi connectivity index (χ3v) is 6.55. The lowest BCUT2D eigenvalue weighted by molar-refractivity contribution is 0.0632. The number of piperazine rings is 1. The Hall–Kier alpha value is -1.96. The molecule has 2 aromatic heterocycles. The van der Waals surface area contributed by atoms with E-state index in [-0.39, 0.29) is 11.7 Å². The fourth-order valence-corrected chi connectivity index (χ4v) is 4.80. The summed E-state index contributed by atoms with van der Waals surface area (Å²) in [7, 11) is 1.90. The minimum absolute atomic E-state index is 0.0548. The second kappa shape index (κ2) is 7.22. The topological polar surface area (TPSA) is 41.4 Å². The average Bonchev–Trinajstić information content (AvgIpc) is 3.20. The number of aromatic nitrogens is 2. The van der Waals surface area contributed by atoms with E-state index in [0.717, 1.165) is 20.8 Å².